The Morgan fingerprint density at radius 1 is 0.919 bits per heavy atom. The van der Waals surface area contributed by atoms with E-state index in [2.05, 4.69) is 16.0 Å². The second kappa shape index (κ2) is 12.6. The van der Waals surface area contributed by atoms with Gasteiger partial charge < -0.3 is 20.9 Å². The van der Waals surface area contributed by atoms with Crippen LogP contribution < -0.4 is 16.0 Å². The molecule has 198 valence electrons. The number of likely N-dealkylation sites (tertiary alicyclic amines) is 1. The van der Waals surface area contributed by atoms with Crippen molar-refractivity contribution in [2.45, 2.75) is 70.0 Å². The first kappa shape index (κ1) is 27.1. The van der Waals surface area contributed by atoms with E-state index < -0.39 is 18.1 Å². The van der Waals surface area contributed by atoms with Crippen LogP contribution in [0.3, 0.4) is 0 Å². The van der Waals surface area contributed by atoms with Crippen molar-refractivity contribution >= 4 is 35.0 Å². The van der Waals surface area contributed by atoms with Gasteiger partial charge in [0.15, 0.2) is 0 Å². The molecule has 8 heteroatoms. The summed E-state index contributed by atoms with van der Waals surface area (Å²) in [4.78, 5) is 41.9. The molecule has 0 aromatic heterocycles. The van der Waals surface area contributed by atoms with Gasteiger partial charge in [-0.2, -0.15) is 0 Å². The average molecular weight is 525 g/mol. The Morgan fingerprint density at radius 2 is 1.59 bits per heavy atom. The maximum atomic E-state index is 13.9. The fourth-order valence-electron chi connectivity index (χ4n) is 5.46. The Hall–Kier alpha value is -2.90. The van der Waals surface area contributed by atoms with E-state index in [0.29, 0.717) is 23.7 Å². The largest absolute Gasteiger partial charge is 0.343 e. The maximum Gasteiger partial charge on any atom is 0.247 e. The predicted molar refractivity (Wildman–Crippen MR) is 147 cm³/mol. The van der Waals surface area contributed by atoms with Crippen LogP contribution in [0.15, 0.2) is 48.5 Å². The predicted octanol–water partition coefficient (Wildman–Crippen LogP) is 4.61. The molecule has 4 rings (SSSR count). The van der Waals surface area contributed by atoms with Crippen molar-refractivity contribution < 1.29 is 14.4 Å². The smallest absolute Gasteiger partial charge is 0.247 e. The second-order valence-electron chi connectivity index (χ2n) is 10.1. The fourth-order valence-corrected chi connectivity index (χ4v) is 5.70. The first-order valence-electron chi connectivity index (χ1n) is 13.3. The van der Waals surface area contributed by atoms with E-state index in [-0.39, 0.29) is 23.6 Å². The molecular formula is C29H37ClN4O3. The summed E-state index contributed by atoms with van der Waals surface area (Å²) in [6.07, 6.45) is 6.39. The van der Waals surface area contributed by atoms with Gasteiger partial charge in [-0.3, -0.25) is 14.4 Å². The average Bonchev–Trinajstić information content (AvgIpc) is 3.42. The van der Waals surface area contributed by atoms with Crippen molar-refractivity contribution in [3.63, 3.8) is 0 Å². The summed E-state index contributed by atoms with van der Waals surface area (Å²) in [5.74, 6) is -0.483. The van der Waals surface area contributed by atoms with E-state index in [1.165, 1.54) is 0 Å². The monoisotopic (exact) mass is 524 g/mol. The van der Waals surface area contributed by atoms with Crippen LogP contribution in [0.25, 0.3) is 11.1 Å². The number of hydrogen-bond donors (Lipinski definition) is 3. The first-order chi connectivity index (χ1) is 17.9. The third-order valence-corrected chi connectivity index (χ3v) is 8.03. The minimum Gasteiger partial charge on any atom is -0.343 e. The zero-order chi connectivity index (χ0) is 26.4. The number of amides is 3. The molecule has 2 fully saturated rings. The molecule has 3 amide bonds. The van der Waals surface area contributed by atoms with Gasteiger partial charge in [0.25, 0.3) is 0 Å². The lowest BCUT2D eigenvalue weighted by Crippen LogP contribution is -2.57. The molecule has 0 spiro atoms. The van der Waals surface area contributed by atoms with Gasteiger partial charge in [0.1, 0.15) is 12.1 Å². The van der Waals surface area contributed by atoms with Crippen LogP contribution in [-0.4, -0.2) is 54.3 Å². The zero-order valence-corrected chi connectivity index (χ0v) is 22.4. The lowest BCUT2D eigenvalue weighted by molar-refractivity contribution is -0.142. The number of nitrogens with one attached hydrogen (secondary N) is 3. The van der Waals surface area contributed by atoms with Gasteiger partial charge in [0.05, 0.1) is 6.04 Å². The molecule has 0 bridgehead atoms. The molecule has 1 aliphatic heterocycles. The fraction of sp³-hybridized carbons (Fsp3) is 0.483. The Kier molecular flexibility index (Phi) is 9.22. The summed E-state index contributed by atoms with van der Waals surface area (Å²) in [7, 11) is 1.73. The highest BCUT2D eigenvalue weighted by molar-refractivity contribution is 6.33. The third-order valence-electron chi connectivity index (χ3n) is 7.70. The molecule has 3 N–H and O–H groups in total. The van der Waals surface area contributed by atoms with Gasteiger partial charge in [-0.1, -0.05) is 67.3 Å². The van der Waals surface area contributed by atoms with Gasteiger partial charge in [-0.15, -0.1) is 0 Å². The number of nitrogens with zero attached hydrogens (tertiary/aromatic N) is 1. The highest BCUT2D eigenvalue weighted by Crippen LogP contribution is 2.34. The summed E-state index contributed by atoms with van der Waals surface area (Å²) in [5, 5.41) is 9.63. The lowest BCUT2D eigenvalue weighted by atomic mass is 9.83. The van der Waals surface area contributed by atoms with Crippen molar-refractivity contribution in [1.29, 1.82) is 0 Å². The highest BCUT2D eigenvalue weighted by atomic mass is 35.5. The Bertz CT molecular complexity index is 1120. The van der Waals surface area contributed by atoms with E-state index in [4.69, 9.17) is 11.6 Å². The van der Waals surface area contributed by atoms with Crippen molar-refractivity contribution in [2.75, 3.05) is 18.9 Å². The summed E-state index contributed by atoms with van der Waals surface area (Å²) in [5.41, 5.74) is 2.31. The van der Waals surface area contributed by atoms with E-state index in [9.17, 15) is 14.4 Å². The van der Waals surface area contributed by atoms with Gasteiger partial charge in [0, 0.05) is 28.4 Å². The Balaban J connectivity index is 1.54. The lowest BCUT2D eigenvalue weighted by Gasteiger charge is -2.35. The summed E-state index contributed by atoms with van der Waals surface area (Å²) in [6.45, 7) is 2.28. The topological polar surface area (TPSA) is 90.5 Å². The molecule has 37 heavy (non-hydrogen) atoms. The van der Waals surface area contributed by atoms with Crippen LogP contribution in [0.2, 0.25) is 5.02 Å². The van der Waals surface area contributed by atoms with Gasteiger partial charge in [-0.05, 0) is 57.7 Å². The molecule has 2 aromatic carbocycles. The molecule has 2 aromatic rings. The number of likely N-dealkylation sites (N-methyl/N-ethyl adjacent to an activating group) is 1. The number of halogens is 1. The number of rotatable bonds is 8. The van der Waals surface area contributed by atoms with Gasteiger partial charge >= 0.3 is 0 Å². The van der Waals surface area contributed by atoms with Crippen LogP contribution >= 0.6 is 11.6 Å². The van der Waals surface area contributed by atoms with E-state index >= 15 is 0 Å². The number of para-hydroxylation sites is 1. The Morgan fingerprint density at radius 3 is 2.30 bits per heavy atom. The summed E-state index contributed by atoms with van der Waals surface area (Å²) < 4.78 is 0. The van der Waals surface area contributed by atoms with Crippen molar-refractivity contribution in [3.05, 3.63) is 53.6 Å². The van der Waals surface area contributed by atoms with Crippen LogP contribution in [-0.2, 0) is 14.4 Å². The standard InChI is InChI=1S/C29H37ClN4O3/c1-19(31-2)27(35)33-26(20-11-4-3-5-12-20)29(37)34-18-10-17-25(34)28(36)32-24-16-9-7-14-22(24)21-13-6-8-15-23(21)30/h6-9,13-16,19-20,25-26,31H,3-5,10-12,17-18H2,1-2H3,(H,32,36)(H,33,35)/t19-,25-,26-/m0/s1. The van der Waals surface area contributed by atoms with Crippen LogP contribution in [0.1, 0.15) is 51.9 Å². The highest BCUT2D eigenvalue weighted by Gasteiger charge is 2.41. The SMILES string of the molecule is CN[C@@H](C)C(=O)N[C@H](C(=O)N1CCC[C@H]1C(=O)Nc1ccccc1-c1ccccc1Cl)C1CCCCC1. The molecule has 1 saturated carbocycles. The maximum absolute atomic E-state index is 13.9. The number of carbonyl (C=O) groups excluding carboxylic acids is 3. The van der Waals surface area contributed by atoms with E-state index in [0.717, 1.165) is 49.7 Å². The quantitative estimate of drug-likeness (QED) is 0.470. The Labute approximate surface area is 224 Å². The number of anilines is 1. The first-order valence-corrected chi connectivity index (χ1v) is 13.7. The molecule has 7 nitrogen and oxygen atoms in total. The van der Waals surface area contributed by atoms with Crippen molar-refractivity contribution in [1.82, 2.24) is 15.5 Å². The summed E-state index contributed by atoms with van der Waals surface area (Å²) in [6, 6.07) is 13.5. The van der Waals surface area contributed by atoms with Gasteiger partial charge in [-0.25, -0.2) is 0 Å². The molecule has 1 saturated heterocycles. The van der Waals surface area contributed by atoms with Crippen LogP contribution in [0.4, 0.5) is 5.69 Å². The minimum atomic E-state index is -0.618. The van der Waals surface area contributed by atoms with Crippen LogP contribution in [0.5, 0.6) is 0 Å². The summed E-state index contributed by atoms with van der Waals surface area (Å²) >= 11 is 6.44. The molecule has 3 atom stereocenters. The number of benzene rings is 2. The molecule has 1 heterocycles. The van der Waals surface area contributed by atoms with Crippen molar-refractivity contribution in [3.8, 4) is 11.1 Å². The zero-order valence-electron chi connectivity index (χ0n) is 21.6. The van der Waals surface area contributed by atoms with Gasteiger partial charge in [0.2, 0.25) is 17.7 Å². The molecule has 0 unspecified atom stereocenters. The van der Waals surface area contributed by atoms with E-state index in [1.807, 2.05) is 48.5 Å². The minimum absolute atomic E-state index is 0.0829. The van der Waals surface area contributed by atoms with Crippen molar-refractivity contribution in [2.24, 2.45) is 5.92 Å². The molecule has 0 radical (unpaired) electrons. The molecule has 1 aliphatic carbocycles. The normalized spacial score (nSPS) is 19.8. The van der Waals surface area contributed by atoms with Crippen LogP contribution in [0, 0.1) is 5.92 Å². The number of carbonyl (C=O) groups is 3. The molecule has 2 aliphatic rings. The van der Waals surface area contributed by atoms with E-state index in [1.54, 1.807) is 18.9 Å². The number of hydrogen-bond acceptors (Lipinski definition) is 4. The third kappa shape index (κ3) is 6.33. The molecular weight excluding hydrogens is 488 g/mol. The second-order valence-corrected chi connectivity index (χ2v) is 10.5.